The maximum absolute atomic E-state index is 13.5. The van der Waals surface area contributed by atoms with Crippen LogP contribution < -0.4 is 16.5 Å². The maximum Gasteiger partial charge on any atom is 0.350 e. The number of rotatable bonds is 16. The van der Waals surface area contributed by atoms with E-state index in [9.17, 15) is 58.8 Å². The first-order valence-electron chi connectivity index (χ1n) is 16.7. The van der Waals surface area contributed by atoms with E-state index in [0.29, 0.717) is 6.42 Å². The SMILES string of the molecule is Nc1nc(/C(=N/OC2(C(=O)O)CCC2)C(=O)CC2C(=O)N3C[C@@](C(=O)O)(N4CCN(NC(=O)C(=O)CCCNC(=O)c5ccc(O)c(O)c5Cl)C4=O)S[C@H]23)ns1. The number of halogens is 1. The molecule has 22 nitrogen and oxygen atoms in total. The number of Topliss-reactive ketones (excluding diaryl/α,β-unsaturated/α-hetero) is 2. The first-order valence-corrected chi connectivity index (χ1v) is 18.8. The third kappa shape index (κ3) is 7.21. The number of hydrogen-bond donors (Lipinski definition) is 7. The molecule has 1 unspecified atom stereocenters. The molecule has 3 saturated heterocycles. The summed E-state index contributed by atoms with van der Waals surface area (Å²) < 4.78 is 3.97. The predicted octanol–water partition coefficient (Wildman–Crippen LogP) is -0.268. The molecule has 56 heavy (non-hydrogen) atoms. The van der Waals surface area contributed by atoms with Gasteiger partial charge in [-0.25, -0.2) is 19.4 Å². The van der Waals surface area contributed by atoms with Crippen LogP contribution in [-0.2, 0) is 33.6 Å². The number of phenolic OH excluding ortho intramolecular Hbond substituents is 2. The summed E-state index contributed by atoms with van der Waals surface area (Å²) in [5.74, 6) is -9.51. The van der Waals surface area contributed by atoms with Gasteiger partial charge in [0.25, 0.3) is 5.91 Å². The number of nitrogens with zero attached hydrogens (tertiary/aromatic N) is 6. The number of β-lactam (4-membered cyclic amide) rings is 1. The monoisotopic (exact) mass is 837 g/mol. The van der Waals surface area contributed by atoms with E-state index in [-0.39, 0.29) is 66.9 Å². The van der Waals surface area contributed by atoms with Crippen LogP contribution in [0.1, 0.15) is 54.7 Å². The fourth-order valence-corrected chi connectivity index (χ4v) is 8.69. The minimum Gasteiger partial charge on any atom is -0.504 e. The quantitative estimate of drug-likeness (QED) is 0.0286. The molecule has 4 fully saturated rings. The Balaban J connectivity index is 1.05. The summed E-state index contributed by atoms with van der Waals surface area (Å²) in [5, 5.41) is 44.9. The van der Waals surface area contributed by atoms with Crippen molar-refractivity contribution in [3.63, 3.8) is 0 Å². The Morgan fingerprint density at radius 2 is 1.80 bits per heavy atom. The van der Waals surface area contributed by atoms with Gasteiger partial charge in [0.15, 0.2) is 28.1 Å². The number of hydrazine groups is 1. The number of carbonyl (C=O) groups is 8. The smallest absolute Gasteiger partial charge is 0.350 e. The van der Waals surface area contributed by atoms with Crippen molar-refractivity contribution >= 4 is 93.0 Å². The van der Waals surface area contributed by atoms with Crippen LogP contribution in [0.2, 0.25) is 5.02 Å². The molecule has 1 aromatic heterocycles. The van der Waals surface area contributed by atoms with Gasteiger partial charge in [-0.3, -0.25) is 34.3 Å². The maximum atomic E-state index is 13.5. The number of benzene rings is 1. The molecular weight excluding hydrogens is 806 g/mol. The Morgan fingerprint density at radius 3 is 2.43 bits per heavy atom. The number of nitrogens with two attached hydrogens (primary N) is 1. The summed E-state index contributed by atoms with van der Waals surface area (Å²) in [5.41, 5.74) is 5.60. The molecule has 298 valence electrons. The minimum atomic E-state index is -2.03. The number of urea groups is 1. The Hall–Kier alpha value is -5.75. The number of hydrogen-bond acceptors (Lipinski definition) is 17. The zero-order valence-corrected chi connectivity index (χ0v) is 31.2. The Morgan fingerprint density at radius 1 is 1.07 bits per heavy atom. The number of phenols is 2. The van der Waals surface area contributed by atoms with Crippen LogP contribution in [0.3, 0.4) is 0 Å². The number of amides is 5. The molecule has 0 radical (unpaired) electrons. The van der Waals surface area contributed by atoms with Gasteiger partial charge in [-0.2, -0.15) is 9.36 Å². The molecule has 3 aliphatic heterocycles. The summed E-state index contributed by atoms with van der Waals surface area (Å²) >= 11 is 7.36. The zero-order valence-electron chi connectivity index (χ0n) is 28.8. The number of ketones is 2. The van der Waals surface area contributed by atoms with Crippen LogP contribution in [0.25, 0.3) is 0 Å². The minimum absolute atomic E-state index is 0.00867. The molecule has 25 heteroatoms. The number of oxime groups is 1. The molecule has 1 aromatic carbocycles. The van der Waals surface area contributed by atoms with Gasteiger partial charge in [-0.05, 0) is 25.0 Å². The fourth-order valence-electron chi connectivity index (χ4n) is 6.32. The highest BCUT2D eigenvalue weighted by atomic mass is 35.5. The van der Waals surface area contributed by atoms with Crippen molar-refractivity contribution in [2.75, 3.05) is 31.9 Å². The molecule has 1 saturated carbocycles. The molecule has 0 spiro atoms. The van der Waals surface area contributed by atoms with E-state index in [1.807, 2.05) is 0 Å². The number of aliphatic carboxylic acids is 2. The van der Waals surface area contributed by atoms with Crippen LogP contribution >= 0.6 is 34.9 Å². The first kappa shape index (κ1) is 39.9. The average molecular weight is 838 g/mol. The van der Waals surface area contributed by atoms with Gasteiger partial charge in [-0.15, -0.1) is 0 Å². The lowest BCUT2D eigenvalue weighted by atomic mass is 9.80. The number of carboxylic acid groups (broad SMARTS) is 2. The van der Waals surface area contributed by atoms with Gasteiger partial charge in [-0.1, -0.05) is 28.5 Å². The van der Waals surface area contributed by atoms with Crippen molar-refractivity contribution in [3.05, 3.63) is 28.5 Å². The van der Waals surface area contributed by atoms with Crippen molar-refractivity contribution < 1.29 is 63.6 Å². The van der Waals surface area contributed by atoms with Gasteiger partial charge >= 0.3 is 23.9 Å². The van der Waals surface area contributed by atoms with Crippen LogP contribution in [0.4, 0.5) is 9.93 Å². The number of fused-ring (bicyclic) bond motifs is 1. The van der Waals surface area contributed by atoms with E-state index in [0.717, 1.165) is 39.3 Å². The number of aromatic hydroxyl groups is 2. The van der Waals surface area contributed by atoms with Crippen molar-refractivity contribution in [1.82, 2.24) is 34.9 Å². The number of thioether (sulfide) groups is 1. The number of anilines is 1. The molecule has 4 aliphatic rings. The Labute approximate surface area is 328 Å². The molecule has 8 N–H and O–H groups in total. The van der Waals surface area contributed by atoms with E-state index >= 15 is 0 Å². The molecule has 3 atom stereocenters. The molecule has 5 amide bonds. The highest BCUT2D eigenvalue weighted by Crippen LogP contribution is 2.53. The molecule has 1 aliphatic carbocycles. The lowest BCUT2D eigenvalue weighted by Crippen LogP contribution is -2.60. The lowest BCUT2D eigenvalue weighted by molar-refractivity contribution is -0.178. The highest BCUT2D eigenvalue weighted by molar-refractivity contribution is 8.02. The van der Waals surface area contributed by atoms with Crippen molar-refractivity contribution in [3.8, 4) is 11.5 Å². The predicted molar refractivity (Wildman–Crippen MR) is 191 cm³/mol. The van der Waals surface area contributed by atoms with Gasteiger partial charge in [0.1, 0.15) is 0 Å². The lowest BCUT2D eigenvalue weighted by Gasteiger charge is -2.41. The average Bonchev–Trinajstić information content (AvgIpc) is 3.84. The van der Waals surface area contributed by atoms with Crippen LogP contribution in [0.15, 0.2) is 17.3 Å². The highest BCUT2D eigenvalue weighted by Gasteiger charge is 2.66. The Bertz CT molecular complexity index is 2080. The number of nitrogens with one attached hydrogen (secondary N) is 2. The van der Waals surface area contributed by atoms with Crippen LogP contribution in [0, 0.1) is 5.92 Å². The number of nitrogen functional groups attached to an aromatic ring is 1. The van der Waals surface area contributed by atoms with Crippen molar-refractivity contribution in [2.24, 2.45) is 11.1 Å². The third-order valence-electron chi connectivity index (χ3n) is 9.61. The third-order valence-corrected chi connectivity index (χ3v) is 12.3. The number of carbonyl (C=O) groups excluding carboxylic acids is 6. The topological polar surface area (TPSA) is 325 Å². The molecule has 2 aromatic rings. The van der Waals surface area contributed by atoms with Crippen molar-refractivity contribution in [2.45, 2.75) is 54.4 Å². The van der Waals surface area contributed by atoms with Gasteiger partial charge in [0, 0.05) is 50.3 Å². The van der Waals surface area contributed by atoms with E-state index < -0.39 is 99.2 Å². The van der Waals surface area contributed by atoms with Gasteiger partial charge in [0.2, 0.25) is 28.0 Å². The first-order chi connectivity index (χ1) is 26.5. The summed E-state index contributed by atoms with van der Waals surface area (Å²) in [6.45, 7) is -0.977. The summed E-state index contributed by atoms with van der Waals surface area (Å²) in [4.78, 5) is 112. The zero-order chi connectivity index (χ0) is 40.7. The van der Waals surface area contributed by atoms with E-state index in [2.05, 4.69) is 25.3 Å². The number of aromatic nitrogens is 2. The van der Waals surface area contributed by atoms with Crippen LogP contribution in [-0.4, -0.2) is 140 Å². The molecular formula is C31H32ClN9O13S2. The fraction of sp³-hybridized carbons (Fsp3) is 0.452. The second-order valence-corrected chi connectivity index (χ2v) is 15.6. The normalized spacial score (nSPS) is 22.5. The second kappa shape index (κ2) is 15.4. The van der Waals surface area contributed by atoms with E-state index in [1.165, 1.54) is 11.0 Å². The molecule has 4 heterocycles. The Kier molecular flexibility index (Phi) is 11.0. The summed E-state index contributed by atoms with van der Waals surface area (Å²) in [7, 11) is 0. The largest absolute Gasteiger partial charge is 0.504 e. The van der Waals surface area contributed by atoms with Gasteiger partial charge in [0.05, 0.1) is 35.0 Å². The summed E-state index contributed by atoms with van der Waals surface area (Å²) in [6, 6.07) is 1.28. The van der Waals surface area contributed by atoms with Crippen molar-refractivity contribution in [1.29, 1.82) is 0 Å². The standard InChI is InChI=1S/C31H32ClN9O13S2/c32-18-13(4-5-15(42)20(18)45)22(46)34-8-1-3-16(43)23(47)36-41-10-9-40(29(41)53)31(27(51)52)12-39-24(48)14(25(39)55-31)11-17(44)19(21-35-28(33)56-38-21)37-54-30(26(49)50)6-2-7-30/h4-5,14,25,42,45H,1-3,6-12H2,(H,34,46)(H,36,47)(H,49,50)(H,51,52)(H2,33,35,38)/b37-19+/t14?,25-,31-/m1/s1. The second-order valence-electron chi connectivity index (χ2n) is 13.0. The molecule has 0 bridgehead atoms. The summed E-state index contributed by atoms with van der Waals surface area (Å²) in [6.07, 6.45) is -0.0273. The van der Waals surface area contributed by atoms with E-state index in [4.69, 9.17) is 22.2 Å². The van der Waals surface area contributed by atoms with E-state index in [1.54, 1.807) is 0 Å². The molecule has 6 rings (SSSR count). The number of carboxylic acids is 2. The van der Waals surface area contributed by atoms with Gasteiger partial charge < -0.3 is 41.2 Å². The van der Waals surface area contributed by atoms with Crippen LogP contribution in [0.5, 0.6) is 11.5 Å².